The van der Waals surface area contributed by atoms with Gasteiger partial charge in [-0.1, -0.05) is 0 Å². The Balaban J connectivity index is 1.68. The summed E-state index contributed by atoms with van der Waals surface area (Å²) < 4.78 is 0. The van der Waals surface area contributed by atoms with Crippen molar-refractivity contribution >= 4 is 17.0 Å². The lowest BCUT2D eigenvalue weighted by Crippen LogP contribution is -2.25. The Labute approximate surface area is 124 Å². The summed E-state index contributed by atoms with van der Waals surface area (Å²) in [6.07, 6.45) is 4.57. The molecule has 1 fully saturated rings. The molecule has 0 amide bonds. The number of hydrogen-bond acceptors (Lipinski definition) is 4. The van der Waals surface area contributed by atoms with Gasteiger partial charge in [-0.05, 0) is 54.3 Å². The molecule has 0 bridgehead atoms. The molecule has 1 saturated carbocycles. The van der Waals surface area contributed by atoms with Crippen molar-refractivity contribution in [3.05, 3.63) is 46.4 Å². The topological polar surface area (TPSA) is 28.2 Å². The number of pyridine rings is 1. The first-order valence-corrected chi connectivity index (χ1v) is 8.23. The fourth-order valence-corrected chi connectivity index (χ4v) is 3.12. The SMILES string of the molecule is CCNc1ccnc(CN(Cc2ccsc2)C2CC2)c1. The van der Waals surface area contributed by atoms with Crippen LogP contribution in [0.2, 0.25) is 0 Å². The van der Waals surface area contributed by atoms with Crippen molar-refractivity contribution in [3.63, 3.8) is 0 Å². The van der Waals surface area contributed by atoms with E-state index in [1.165, 1.54) is 24.1 Å². The van der Waals surface area contributed by atoms with Gasteiger partial charge in [0.1, 0.15) is 0 Å². The molecule has 0 radical (unpaired) electrons. The van der Waals surface area contributed by atoms with Crippen molar-refractivity contribution in [2.75, 3.05) is 11.9 Å². The van der Waals surface area contributed by atoms with Gasteiger partial charge in [0, 0.05) is 37.6 Å². The Morgan fingerprint density at radius 3 is 2.95 bits per heavy atom. The van der Waals surface area contributed by atoms with E-state index in [2.05, 4.69) is 45.0 Å². The molecule has 3 nitrogen and oxygen atoms in total. The second-order valence-electron chi connectivity index (χ2n) is 5.33. The number of thiophene rings is 1. The largest absolute Gasteiger partial charge is 0.385 e. The Kier molecular flexibility index (Phi) is 4.33. The van der Waals surface area contributed by atoms with Gasteiger partial charge in [0.25, 0.3) is 0 Å². The van der Waals surface area contributed by atoms with Gasteiger partial charge >= 0.3 is 0 Å². The molecule has 106 valence electrons. The number of hydrogen-bond donors (Lipinski definition) is 1. The van der Waals surface area contributed by atoms with E-state index >= 15 is 0 Å². The third kappa shape index (κ3) is 3.58. The summed E-state index contributed by atoms with van der Waals surface area (Å²) in [4.78, 5) is 7.08. The Morgan fingerprint density at radius 2 is 2.25 bits per heavy atom. The van der Waals surface area contributed by atoms with Crippen molar-refractivity contribution in [1.82, 2.24) is 9.88 Å². The Hall–Kier alpha value is -1.39. The molecule has 0 atom stereocenters. The fraction of sp³-hybridized carbons (Fsp3) is 0.438. The molecule has 0 unspecified atom stereocenters. The van der Waals surface area contributed by atoms with Crippen LogP contribution in [0.4, 0.5) is 5.69 Å². The van der Waals surface area contributed by atoms with E-state index in [-0.39, 0.29) is 0 Å². The van der Waals surface area contributed by atoms with E-state index in [1.54, 1.807) is 11.3 Å². The summed E-state index contributed by atoms with van der Waals surface area (Å²) >= 11 is 1.78. The number of aromatic nitrogens is 1. The van der Waals surface area contributed by atoms with Crippen LogP contribution in [0.5, 0.6) is 0 Å². The van der Waals surface area contributed by atoms with Gasteiger partial charge in [0.15, 0.2) is 0 Å². The van der Waals surface area contributed by atoms with Crippen LogP contribution in [0.1, 0.15) is 31.0 Å². The zero-order valence-electron chi connectivity index (χ0n) is 11.9. The maximum Gasteiger partial charge on any atom is 0.0564 e. The Bertz CT molecular complexity index is 534. The smallest absolute Gasteiger partial charge is 0.0564 e. The van der Waals surface area contributed by atoms with Crippen molar-refractivity contribution in [2.45, 2.75) is 38.9 Å². The van der Waals surface area contributed by atoms with Gasteiger partial charge in [-0.3, -0.25) is 9.88 Å². The first-order chi connectivity index (χ1) is 9.85. The molecular formula is C16H21N3S. The van der Waals surface area contributed by atoms with Gasteiger partial charge < -0.3 is 5.32 Å². The molecular weight excluding hydrogens is 266 g/mol. The number of rotatable bonds is 7. The molecule has 2 heterocycles. The highest BCUT2D eigenvalue weighted by Gasteiger charge is 2.29. The maximum atomic E-state index is 4.52. The number of nitrogens with one attached hydrogen (secondary N) is 1. The first-order valence-electron chi connectivity index (χ1n) is 7.29. The average Bonchev–Trinajstić information content (AvgIpc) is 3.18. The van der Waals surface area contributed by atoms with E-state index in [4.69, 9.17) is 0 Å². The monoisotopic (exact) mass is 287 g/mol. The van der Waals surface area contributed by atoms with Gasteiger partial charge in [0.05, 0.1) is 5.69 Å². The average molecular weight is 287 g/mol. The van der Waals surface area contributed by atoms with Crippen LogP contribution in [0.3, 0.4) is 0 Å². The van der Waals surface area contributed by atoms with Crippen LogP contribution in [-0.4, -0.2) is 22.5 Å². The predicted molar refractivity (Wildman–Crippen MR) is 85.0 cm³/mol. The molecule has 0 saturated heterocycles. The number of nitrogens with zero attached hydrogens (tertiary/aromatic N) is 2. The standard InChI is InChI=1S/C16H21N3S/c1-2-17-14-5-7-18-15(9-14)11-19(16-3-4-16)10-13-6-8-20-12-13/h5-9,12,16H,2-4,10-11H2,1H3,(H,17,18). The van der Waals surface area contributed by atoms with Crippen molar-refractivity contribution < 1.29 is 0 Å². The second-order valence-corrected chi connectivity index (χ2v) is 6.11. The van der Waals surface area contributed by atoms with E-state index in [0.29, 0.717) is 0 Å². The summed E-state index contributed by atoms with van der Waals surface area (Å²) in [6, 6.07) is 7.18. The van der Waals surface area contributed by atoms with Gasteiger partial charge in [-0.25, -0.2) is 0 Å². The molecule has 1 aliphatic carbocycles. The maximum absolute atomic E-state index is 4.52. The van der Waals surface area contributed by atoms with E-state index in [0.717, 1.165) is 31.4 Å². The normalized spacial score (nSPS) is 14.7. The quantitative estimate of drug-likeness (QED) is 0.841. The van der Waals surface area contributed by atoms with Crippen LogP contribution in [-0.2, 0) is 13.1 Å². The van der Waals surface area contributed by atoms with E-state index in [1.807, 2.05) is 12.3 Å². The highest BCUT2D eigenvalue weighted by Crippen LogP contribution is 2.30. The Morgan fingerprint density at radius 1 is 1.35 bits per heavy atom. The lowest BCUT2D eigenvalue weighted by molar-refractivity contribution is 0.243. The van der Waals surface area contributed by atoms with Gasteiger partial charge in [-0.2, -0.15) is 11.3 Å². The minimum absolute atomic E-state index is 0.750. The summed E-state index contributed by atoms with van der Waals surface area (Å²) in [7, 11) is 0. The van der Waals surface area contributed by atoms with E-state index < -0.39 is 0 Å². The highest BCUT2D eigenvalue weighted by atomic mass is 32.1. The molecule has 2 aromatic rings. The zero-order valence-corrected chi connectivity index (χ0v) is 12.7. The molecule has 0 aliphatic heterocycles. The molecule has 0 spiro atoms. The fourth-order valence-electron chi connectivity index (χ4n) is 2.46. The third-order valence-electron chi connectivity index (χ3n) is 3.59. The van der Waals surface area contributed by atoms with Crippen LogP contribution < -0.4 is 5.32 Å². The molecule has 3 rings (SSSR count). The summed E-state index contributed by atoms with van der Waals surface area (Å²) in [5.41, 5.74) is 3.75. The summed E-state index contributed by atoms with van der Waals surface area (Å²) in [5, 5.41) is 7.76. The predicted octanol–water partition coefficient (Wildman–Crippen LogP) is 3.74. The minimum Gasteiger partial charge on any atom is -0.385 e. The lowest BCUT2D eigenvalue weighted by atomic mass is 10.2. The summed E-state index contributed by atoms with van der Waals surface area (Å²) in [5.74, 6) is 0. The van der Waals surface area contributed by atoms with Crippen molar-refractivity contribution in [1.29, 1.82) is 0 Å². The lowest BCUT2D eigenvalue weighted by Gasteiger charge is -2.21. The van der Waals surface area contributed by atoms with Crippen LogP contribution in [0.25, 0.3) is 0 Å². The second kappa shape index (κ2) is 6.37. The number of anilines is 1. The van der Waals surface area contributed by atoms with Gasteiger partial charge in [-0.15, -0.1) is 0 Å². The zero-order chi connectivity index (χ0) is 13.8. The van der Waals surface area contributed by atoms with E-state index in [9.17, 15) is 0 Å². The molecule has 4 heteroatoms. The molecule has 20 heavy (non-hydrogen) atoms. The highest BCUT2D eigenvalue weighted by molar-refractivity contribution is 7.07. The first kappa shape index (κ1) is 13.6. The van der Waals surface area contributed by atoms with Crippen molar-refractivity contribution in [2.24, 2.45) is 0 Å². The molecule has 2 aromatic heterocycles. The molecule has 1 aliphatic rings. The molecule has 1 N–H and O–H groups in total. The van der Waals surface area contributed by atoms with Crippen molar-refractivity contribution in [3.8, 4) is 0 Å². The third-order valence-corrected chi connectivity index (χ3v) is 4.32. The molecule has 0 aromatic carbocycles. The van der Waals surface area contributed by atoms with Crippen LogP contribution in [0.15, 0.2) is 35.2 Å². The summed E-state index contributed by atoms with van der Waals surface area (Å²) in [6.45, 7) is 5.05. The minimum atomic E-state index is 0.750. The van der Waals surface area contributed by atoms with Gasteiger partial charge in [0.2, 0.25) is 0 Å². The van der Waals surface area contributed by atoms with Crippen LogP contribution >= 0.6 is 11.3 Å². The van der Waals surface area contributed by atoms with Crippen LogP contribution in [0, 0.1) is 0 Å².